The van der Waals surface area contributed by atoms with Gasteiger partial charge in [-0.15, -0.1) is 0 Å². The van der Waals surface area contributed by atoms with Crippen LogP contribution in [0.5, 0.6) is 11.5 Å². The summed E-state index contributed by atoms with van der Waals surface area (Å²) in [6.45, 7) is 2.75. The summed E-state index contributed by atoms with van der Waals surface area (Å²) in [5.41, 5.74) is 1.54. The van der Waals surface area contributed by atoms with Gasteiger partial charge in [-0.3, -0.25) is 9.59 Å². The Bertz CT molecular complexity index is 1260. The molecule has 0 saturated heterocycles. The molecule has 0 spiro atoms. The zero-order valence-corrected chi connectivity index (χ0v) is 21.4. The fourth-order valence-electron chi connectivity index (χ4n) is 5.80. The Morgan fingerprint density at radius 2 is 1.75 bits per heavy atom. The highest BCUT2D eigenvalue weighted by atomic mass is 16.5. The van der Waals surface area contributed by atoms with Crippen LogP contribution in [0.25, 0.3) is 10.9 Å². The van der Waals surface area contributed by atoms with Crippen LogP contribution in [-0.4, -0.2) is 53.6 Å². The lowest BCUT2D eigenvalue weighted by Crippen LogP contribution is -2.64. The number of aryl methyl sites for hydroxylation is 1. The van der Waals surface area contributed by atoms with E-state index in [2.05, 4.69) is 17.4 Å². The van der Waals surface area contributed by atoms with Crippen molar-refractivity contribution >= 4 is 22.7 Å². The van der Waals surface area contributed by atoms with Crippen LogP contribution in [-0.2, 0) is 17.8 Å². The third-order valence-corrected chi connectivity index (χ3v) is 7.82. The molecule has 2 heterocycles. The first kappa shape index (κ1) is 24.2. The van der Waals surface area contributed by atoms with Crippen molar-refractivity contribution in [2.75, 3.05) is 20.8 Å². The number of nitrogens with one attached hydrogen (secondary N) is 1. The maximum atomic E-state index is 14.0. The van der Waals surface area contributed by atoms with E-state index in [-0.39, 0.29) is 17.9 Å². The molecule has 0 unspecified atom stereocenters. The molecular weight excluding hydrogens is 454 g/mol. The quantitative estimate of drug-likeness (QED) is 0.503. The number of rotatable bonds is 8. The molecule has 2 aromatic carbocycles. The van der Waals surface area contributed by atoms with E-state index in [1.54, 1.807) is 19.1 Å². The number of hydrogen-bond donors (Lipinski definition) is 1. The van der Waals surface area contributed by atoms with E-state index >= 15 is 0 Å². The van der Waals surface area contributed by atoms with Gasteiger partial charge in [-0.1, -0.05) is 43.2 Å². The third kappa shape index (κ3) is 4.21. The van der Waals surface area contributed by atoms with Gasteiger partial charge in [0.1, 0.15) is 22.7 Å². The highest BCUT2D eigenvalue weighted by Gasteiger charge is 2.48. The lowest BCUT2D eigenvalue weighted by atomic mass is 9.93. The van der Waals surface area contributed by atoms with Crippen LogP contribution in [0.1, 0.15) is 55.1 Å². The smallest absolute Gasteiger partial charge is 0.271 e. The molecular formula is C29H35N3O4. The predicted octanol–water partition coefficient (Wildman–Crippen LogP) is 4.56. The Labute approximate surface area is 212 Å². The predicted molar refractivity (Wildman–Crippen MR) is 140 cm³/mol. The van der Waals surface area contributed by atoms with Crippen LogP contribution in [0.3, 0.4) is 0 Å². The number of nitrogens with zero attached hydrogens (tertiary/aromatic N) is 2. The summed E-state index contributed by atoms with van der Waals surface area (Å²) in [6, 6.07) is 16.0. The molecule has 1 aliphatic heterocycles. The standard InChI is InChI=1S/C29H35N3O4/c1-29(28(34)30-21-13-7-8-14-21)19-31-23(18-22-24(35-2)15-16-25(36-3)26(22)31)27(33)32(29)17-9-12-20-10-5-4-6-11-20/h4-6,10-11,15-16,18,21H,7-9,12-14,17,19H2,1-3H3,(H,30,34)/t29-/m1/s1. The molecule has 7 nitrogen and oxygen atoms in total. The van der Waals surface area contributed by atoms with Gasteiger partial charge in [-0.2, -0.15) is 0 Å². The van der Waals surface area contributed by atoms with Gasteiger partial charge in [-0.05, 0) is 56.4 Å². The van der Waals surface area contributed by atoms with Gasteiger partial charge in [0.05, 0.1) is 26.3 Å². The fraction of sp³-hybridized carbons (Fsp3) is 0.448. The Kier molecular flexibility index (Phi) is 6.65. The molecule has 0 radical (unpaired) electrons. The number of aromatic nitrogens is 1. The first-order valence-corrected chi connectivity index (χ1v) is 12.9. The van der Waals surface area contributed by atoms with Gasteiger partial charge in [-0.25, -0.2) is 0 Å². The average molecular weight is 490 g/mol. The summed E-state index contributed by atoms with van der Waals surface area (Å²) in [6.07, 6.45) is 5.86. The molecule has 1 N–H and O–H groups in total. The van der Waals surface area contributed by atoms with Crippen LogP contribution in [0.4, 0.5) is 0 Å². The van der Waals surface area contributed by atoms with Gasteiger partial charge in [0, 0.05) is 18.0 Å². The number of methoxy groups -OCH3 is 2. The number of ether oxygens (including phenoxy) is 2. The van der Waals surface area contributed by atoms with E-state index < -0.39 is 5.54 Å². The second kappa shape index (κ2) is 9.88. The van der Waals surface area contributed by atoms with Crippen molar-refractivity contribution < 1.29 is 19.1 Å². The highest BCUT2D eigenvalue weighted by molar-refractivity contribution is 6.06. The van der Waals surface area contributed by atoms with E-state index in [0.29, 0.717) is 30.3 Å². The zero-order chi connectivity index (χ0) is 25.3. The topological polar surface area (TPSA) is 72.8 Å². The third-order valence-electron chi connectivity index (χ3n) is 7.82. The SMILES string of the molecule is COc1ccc(OC)c2c1cc1n2C[C@](C)(C(=O)NC2CCCC2)N(CCCc2ccccc2)C1=O. The van der Waals surface area contributed by atoms with Crippen LogP contribution in [0, 0.1) is 0 Å². The van der Waals surface area contributed by atoms with E-state index in [4.69, 9.17) is 9.47 Å². The first-order valence-electron chi connectivity index (χ1n) is 12.9. The normalized spacial score (nSPS) is 20.0. The number of amides is 2. The molecule has 1 atom stereocenters. The molecule has 3 aromatic rings. The van der Waals surface area contributed by atoms with Crippen LogP contribution in [0.15, 0.2) is 48.5 Å². The minimum absolute atomic E-state index is 0.0863. The molecule has 5 rings (SSSR count). The van der Waals surface area contributed by atoms with Crippen molar-refractivity contribution in [3.63, 3.8) is 0 Å². The maximum absolute atomic E-state index is 14.0. The van der Waals surface area contributed by atoms with Crippen LogP contribution >= 0.6 is 0 Å². The molecule has 190 valence electrons. The first-order chi connectivity index (χ1) is 17.5. The molecule has 1 fully saturated rings. The largest absolute Gasteiger partial charge is 0.496 e. The molecule has 7 heteroatoms. The Hall–Kier alpha value is -3.48. The maximum Gasteiger partial charge on any atom is 0.271 e. The van der Waals surface area contributed by atoms with E-state index in [9.17, 15) is 9.59 Å². The summed E-state index contributed by atoms with van der Waals surface area (Å²) < 4.78 is 13.2. The fourth-order valence-corrected chi connectivity index (χ4v) is 5.80. The Morgan fingerprint density at radius 1 is 1.06 bits per heavy atom. The monoisotopic (exact) mass is 489 g/mol. The van der Waals surface area contributed by atoms with Crippen molar-refractivity contribution in [1.29, 1.82) is 0 Å². The van der Waals surface area contributed by atoms with Gasteiger partial charge in [0.2, 0.25) is 5.91 Å². The molecule has 2 aliphatic rings. The zero-order valence-electron chi connectivity index (χ0n) is 21.4. The average Bonchev–Trinajstić information content (AvgIpc) is 3.54. The lowest BCUT2D eigenvalue weighted by Gasteiger charge is -2.44. The number of hydrogen-bond acceptors (Lipinski definition) is 4. The summed E-state index contributed by atoms with van der Waals surface area (Å²) in [7, 11) is 3.24. The summed E-state index contributed by atoms with van der Waals surface area (Å²) >= 11 is 0. The summed E-state index contributed by atoms with van der Waals surface area (Å²) in [5.74, 6) is 1.10. The second-order valence-electron chi connectivity index (χ2n) is 10.1. The van der Waals surface area contributed by atoms with Gasteiger partial charge < -0.3 is 24.3 Å². The highest BCUT2D eigenvalue weighted by Crippen LogP contribution is 2.40. The van der Waals surface area contributed by atoms with Crippen molar-refractivity contribution in [2.45, 2.75) is 63.6 Å². The van der Waals surface area contributed by atoms with Gasteiger partial charge in [0.15, 0.2) is 0 Å². The second-order valence-corrected chi connectivity index (χ2v) is 10.1. The Morgan fingerprint density at radius 3 is 2.44 bits per heavy atom. The number of fused-ring (bicyclic) bond motifs is 3. The van der Waals surface area contributed by atoms with Crippen molar-refractivity contribution in [3.05, 3.63) is 59.8 Å². The van der Waals surface area contributed by atoms with Crippen molar-refractivity contribution in [1.82, 2.24) is 14.8 Å². The molecule has 1 aliphatic carbocycles. The van der Waals surface area contributed by atoms with Crippen LogP contribution < -0.4 is 14.8 Å². The van der Waals surface area contributed by atoms with E-state index in [0.717, 1.165) is 49.4 Å². The minimum Gasteiger partial charge on any atom is -0.496 e. The lowest BCUT2D eigenvalue weighted by molar-refractivity contribution is -0.133. The number of carbonyl (C=O) groups excluding carboxylic acids is 2. The van der Waals surface area contributed by atoms with Crippen molar-refractivity contribution in [2.24, 2.45) is 0 Å². The van der Waals surface area contributed by atoms with Crippen LogP contribution in [0.2, 0.25) is 0 Å². The summed E-state index contributed by atoms with van der Waals surface area (Å²) in [4.78, 5) is 29.6. The molecule has 1 saturated carbocycles. The van der Waals surface area contributed by atoms with Gasteiger partial charge in [0.25, 0.3) is 5.91 Å². The van der Waals surface area contributed by atoms with E-state index in [1.807, 2.05) is 47.9 Å². The van der Waals surface area contributed by atoms with Crippen molar-refractivity contribution in [3.8, 4) is 11.5 Å². The molecule has 2 amide bonds. The molecule has 36 heavy (non-hydrogen) atoms. The number of benzene rings is 2. The molecule has 1 aromatic heterocycles. The summed E-state index contributed by atoms with van der Waals surface area (Å²) in [5, 5.41) is 4.08. The minimum atomic E-state index is -1.02. The van der Waals surface area contributed by atoms with Gasteiger partial charge >= 0.3 is 0 Å². The van der Waals surface area contributed by atoms with E-state index in [1.165, 1.54) is 5.56 Å². The molecule has 0 bridgehead atoms. The number of carbonyl (C=O) groups is 2. The Balaban J connectivity index is 1.53.